The van der Waals surface area contributed by atoms with E-state index < -0.39 is 21.7 Å². The van der Waals surface area contributed by atoms with Gasteiger partial charge in [-0.05, 0) is 0 Å². The van der Waals surface area contributed by atoms with Crippen LogP contribution < -0.4 is 0 Å². The molecule has 0 aromatic heterocycles. The van der Waals surface area contributed by atoms with E-state index in [2.05, 4.69) is 44.2 Å². The van der Waals surface area contributed by atoms with Crippen molar-refractivity contribution in [2.75, 3.05) is 14.1 Å². The monoisotopic (exact) mass is 298 g/mol. The first-order valence-electron chi connectivity index (χ1n) is 5.45. The van der Waals surface area contributed by atoms with Crippen LogP contribution in [-0.4, -0.2) is 44.4 Å². The van der Waals surface area contributed by atoms with Gasteiger partial charge >= 0.3 is 97.2 Å². The number of aliphatic imine (C=N–C) groups is 1. The number of allylic oxidation sites excluding steroid dienone is 2. The minimum atomic E-state index is -1.36. The molecule has 0 bridgehead atoms. The van der Waals surface area contributed by atoms with Gasteiger partial charge in [-0.1, -0.05) is 0 Å². The van der Waals surface area contributed by atoms with E-state index in [-0.39, 0.29) is 0 Å². The zero-order valence-corrected chi connectivity index (χ0v) is 13.8. The number of nitrogens with zero attached hydrogens (tertiary/aromatic N) is 2. The molecule has 0 saturated heterocycles. The molecular weight excluding hydrogens is 275 g/mol. The summed E-state index contributed by atoms with van der Waals surface area (Å²) in [5.41, 5.74) is 2.67. The van der Waals surface area contributed by atoms with Crippen molar-refractivity contribution in [2.45, 2.75) is 36.0 Å². The molecule has 0 aromatic rings. The van der Waals surface area contributed by atoms with E-state index in [1.54, 1.807) is 0 Å². The molecule has 0 heterocycles. The molecule has 0 radical (unpaired) electrons. The molecule has 0 spiro atoms. The Labute approximate surface area is 97.0 Å². The summed E-state index contributed by atoms with van der Waals surface area (Å²) in [5.74, 6) is 0. The van der Waals surface area contributed by atoms with Crippen LogP contribution in [-0.2, 0) is 0 Å². The van der Waals surface area contributed by atoms with Gasteiger partial charge in [0.15, 0.2) is 0 Å². The Hall–Kier alpha value is 0.0801. The fourth-order valence-electron chi connectivity index (χ4n) is 1.30. The predicted molar refractivity (Wildman–Crippen MR) is 67.3 cm³/mol. The predicted octanol–water partition coefficient (Wildman–Crippen LogP) is 2.94. The van der Waals surface area contributed by atoms with Gasteiger partial charge in [-0.2, -0.15) is 0 Å². The average Bonchev–Trinajstić information content (AvgIpc) is 2.19. The third-order valence-electron chi connectivity index (χ3n) is 2.57. The molecule has 0 atom stereocenters. The Morgan fingerprint density at radius 2 is 1.86 bits per heavy atom. The van der Waals surface area contributed by atoms with Crippen molar-refractivity contribution in [3.8, 4) is 0 Å². The van der Waals surface area contributed by atoms with Gasteiger partial charge < -0.3 is 0 Å². The standard InChI is InChI=1S/C9H17N2.2CH3.In/c1-5-8(10-3)7-9(6-2)11-4;;;/h7H,5-6H2,1-4H3;2*1H3;/q-1;;;+1/b8-7-,11-9?;;;. The van der Waals surface area contributed by atoms with Gasteiger partial charge in [0.1, 0.15) is 0 Å². The SMILES string of the molecule is CCC(/C=C(/CC)[N](C)[In]([CH3])[CH3])=NC. The molecule has 0 N–H and O–H groups in total. The maximum absolute atomic E-state index is 4.27. The summed E-state index contributed by atoms with van der Waals surface area (Å²) >= 11 is -1.36. The van der Waals surface area contributed by atoms with Crippen LogP contribution in [0.15, 0.2) is 16.8 Å². The second-order valence-corrected chi connectivity index (χ2v) is 12.2. The van der Waals surface area contributed by atoms with Crippen LogP contribution in [0.3, 0.4) is 0 Å². The fraction of sp³-hybridized carbons (Fsp3) is 0.727. The summed E-state index contributed by atoms with van der Waals surface area (Å²) < 4.78 is 7.35. The molecule has 0 saturated carbocycles. The first kappa shape index (κ1) is 14.1. The normalized spacial score (nSPS) is 13.0. The third-order valence-corrected chi connectivity index (χ3v) is 7.94. The Bertz CT molecular complexity index is 219. The number of hydrogen-bond donors (Lipinski definition) is 0. The Morgan fingerprint density at radius 3 is 2.14 bits per heavy atom. The Balaban J connectivity index is 4.70. The van der Waals surface area contributed by atoms with Crippen LogP contribution in [0.2, 0.25) is 9.36 Å². The molecule has 0 aliphatic heterocycles. The first-order valence-corrected chi connectivity index (χ1v) is 13.5. The first-order chi connectivity index (χ1) is 6.56. The van der Waals surface area contributed by atoms with Crippen molar-refractivity contribution >= 4 is 27.4 Å². The summed E-state index contributed by atoms with van der Waals surface area (Å²) in [6.45, 7) is 4.38. The third kappa shape index (κ3) is 4.54. The van der Waals surface area contributed by atoms with Crippen molar-refractivity contribution < 1.29 is 0 Å². The van der Waals surface area contributed by atoms with E-state index in [0.29, 0.717) is 0 Å². The van der Waals surface area contributed by atoms with Gasteiger partial charge in [0.05, 0.1) is 0 Å². The molecule has 2 nitrogen and oxygen atoms in total. The van der Waals surface area contributed by atoms with Crippen LogP contribution in [0.5, 0.6) is 0 Å². The Kier molecular flexibility index (Phi) is 7.42. The molecule has 0 unspecified atom stereocenters. The van der Waals surface area contributed by atoms with Crippen LogP contribution in [0.1, 0.15) is 26.7 Å². The van der Waals surface area contributed by atoms with Crippen molar-refractivity contribution in [1.29, 1.82) is 0 Å². The molecule has 0 amide bonds. The van der Waals surface area contributed by atoms with Gasteiger partial charge in [-0.25, -0.2) is 0 Å². The average molecular weight is 298 g/mol. The second kappa shape index (κ2) is 7.38. The van der Waals surface area contributed by atoms with E-state index in [4.69, 9.17) is 0 Å². The van der Waals surface area contributed by atoms with Crippen LogP contribution in [0.4, 0.5) is 0 Å². The second-order valence-electron chi connectivity index (χ2n) is 3.76. The van der Waals surface area contributed by atoms with Crippen molar-refractivity contribution in [3.63, 3.8) is 0 Å². The van der Waals surface area contributed by atoms with E-state index in [0.717, 1.165) is 12.8 Å². The molecule has 14 heavy (non-hydrogen) atoms. The molecular formula is C11H23InN2. The van der Waals surface area contributed by atoms with Crippen LogP contribution >= 0.6 is 0 Å². The molecule has 0 rings (SSSR count). The zero-order valence-electron chi connectivity index (χ0n) is 10.5. The number of rotatable bonds is 5. The summed E-state index contributed by atoms with van der Waals surface area (Å²) in [4.78, 5) is 4.27. The minimum absolute atomic E-state index is 1.03. The van der Waals surface area contributed by atoms with Gasteiger partial charge in [0.2, 0.25) is 0 Å². The van der Waals surface area contributed by atoms with E-state index in [1.807, 2.05) is 7.05 Å². The van der Waals surface area contributed by atoms with E-state index in [9.17, 15) is 0 Å². The zero-order chi connectivity index (χ0) is 11.1. The topological polar surface area (TPSA) is 15.6 Å². The molecule has 0 aromatic carbocycles. The van der Waals surface area contributed by atoms with Gasteiger partial charge in [0.25, 0.3) is 0 Å². The van der Waals surface area contributed by atoms with Gasteiger partial charge in [-0.15, -0.1) is 0 Å². The summed E-state index contributed by atoms with van der Waals surface area (Å²) in [7, 11) is 4.11. The van der Waals surface area contributed by atoms with Crippen LogP contribution in [0.25, 0.3) is 0 Å². The van der Waals surface area contributed by atoms with Crippen molar-refractivity contribution in [3.05, 3.63) is 11.8 Å². The molecule has 80 valence electrons. The van der Waals surface area contributed by atoms with E-state index in [1.165, 1.54) is 11.4 Å². The van der Waals surface area contributed by atoms with Gasteiger partial charge in [0, 0.05) is 0 Å². The van der Waals surface area contributed by atoms with Crippen LogP contribution in [0, 0.1) is 0 Å². The van der Waals surface area contributed by atoms with Gasteiger partial charge in [-0.3, -0.25) is 0 Å². The van der Waals surface area contributed by atoms with Crippen molar-refractivity contribution in [1.82, 2.24) is 2.89 Å². The Morgan fingerprint density at radius 1 is 1.29 bits per heavy atom. The summed E-state index contributed by atoms with van der Waals surface area (Å²) in [5, 5.41) is 0. The maximum atomic E-state index is 4.27. The molecule has 0 fully saturated rings. The fourth-order valence-corrected chi connectivity index (χ4v) is 3.93. The summed E-state index contributed by atoms with van der Waals surface area (Å²) in [6, 6.07) is 0. The number of hydrogen-bond acceptors (Lipinski definition) is 2. The summed E-state index contributed by atoms with van der Waals surface area (Å²) in [6.07, 6.45) is 4.41. The molecule has 3 heteroatoms. The van der Waals surface area contributed by atoms with E-state index >= 15 is 0 Å². The quantitative estimate of drug-likeness (QED) is 0.713. The van der Waals surface area contributed by atoms with Crippen molar-refractivity contribution in [2.24, 2.45) is 4.99 Å². The molecule has 0 aliphatic carbocycles. The molecule has 0 aliphatic rings.